The van der Waals surface area contributed by atoms with E-state index in [1.54, 1.807) is 6.92 Å². The van der Waals surface area contributed by atoms with Gasteiger partial charge in [0.1, 0.15) is 5.75 Å². The van der Waals surface area contributed by atoms with Crippen molar-refractivity contribution < 1.29 is 9.53 Å². The highest BCUT2D eigenvalue weighted by molar-refractivity contribution is 5.85. The summed E-state index contributed by atoms with van der Waals surface area (Å²) in [4.78, 5) is 16.4. The van der Waals surface area contributed by atoms with Gasteiger partial charge in [0.05, 0.1) is 6.61 Å². The Kier molecular flexibility index (Phi) is 5.65. The van der Waals surface area contributed by atoms with Crippen LogP contribution in [0.25, 0.3) is 10.8 Å². The Bertz CT molecular complexity index is 1080. The minimum atomic E-state index is 0.192. The van der Waals surface area contributed by atoms with Gasteiger partial charge in [-0.3, -0.25) is 9.69 Å². The summed E-state index contributed by atoms with van der Waals surface area (Å²) in [6.45, 7) is 6.01. The van der Waals surface area contributed by atoms with E-state index in [-0.39, 0.29) is 5.91 Å². The maximum Gasteiger partial charge on any atom is 0.219 e. The number of benzene rings is 3. The lowest BCUT2D eigenvalue weighted by molar-refractivity contribution is -0.130. The molecule has 0 aromatic heterocycles. The summed E-state index contributed by atoms with van der Waals surface area (Å²) in [6, 6.07) is 22.4. The molecule has 3 aromatic rings. The summed E-state index contributed by atoms with van der Waals surface area (Å²) in [5.41, 5.74) is 4.05. The predicted octanol–water partition coefficient (Wildman–Crippen LogP) is 4.79. The van der Waals surface area contributed by atoms with E-state index in [4.69, 9.17) is 4.74 Å². The Morgan fingerprint density at radius 1 is 1.03 bits per heavy atom. The molecular weight excluding hydrogens is 384 g/mol. The second-order valence-corrected chi connectivity index (χ2v) is 8.82. The lowest BCUT2D eigenvalue weighted by Gasteiger charge is -2.38. The van der Waals surface area contributed by atoms with Gasteiger partial charge in [0.25, 0.3) is 0 Å². The Balaban J connectivity index is 1.42. The van der Waals surface area contributed by atoms with Crippen LogP contribution in [-0.2, 0) is 24.3 Å². The zero-order valence-electron chi connectivity index (χ0n) is 18.2. The summed E-state index contributed by atoms with van der Waals surface area (Å²) >= 11 is 0. The van der Waals surface area contributed by atoms with Crippen LogP contribution >= 0.6 is 0 Å². The van der Waals surface area contributed by atoms with E-state index in [2.05, 4.69) is 65.6 Å². The van der Waals surface area contributed by atoms with Crippen molar-refractivity contribution in [2.45, 2.75) is 45.3 Å². The number of hydrogen-bond donors (Lipinski definition) is 0. The number of nitrogens with zero attached hydrogens (tertiary/aromatic N) is 2. The quantitative estimate of drug-likeness (QED) is 0.602. The molecule has 1 saturated heterocycles. The van der Waals surface area contributed by atoms with Crippen LogP contribution in [-0.4, -0.2) is 41.4 Å². The lowest BCUT2D eigenvalue weighted by Crippen LogP contribution is -2.45. The zero-order chi connectivity index (χ0) is 21.2. The molecule has 31 heavy (non-hydrogen) atoms. The summed E-state index contributed by atoms with van der Waals surface area (Å²) in [5, 5.41) is 2.62. The van der Waals surface area contributed by atoms with Crippen LogP contribution in [0, 0.1) is 0 Å². The van der Waals surface area contributed by atoms with Crippen molar-refractivity contribution in [3.8, 4) is 5.75 Å². The standard InChI is InChI=1S/C27H30N2O2/c1-20(30)28-14-11-25(12-15-28)29(18-21-9-10-27-23(17-21)13-16-31-27)19-24-7-4-6-22-5-2-3-8-26(22)24/h2-10,17,25H,11-16,18-19H2,1H3. The molecule has 0 atom stereocenters. The molecule has 160 valence electrons. The van der Waals surface area contributed by atoms with E-state index in [1.165, 1.54) is 27.5 Å². The van der Waals surface area contributed by atoms with Crippen LogP contribution in [0.4, 0.5) is 0 Å². The van der Waals surface area contributed by atoms with Gasteiger partial charge >= 0.3 is 0 Å². The Hall–Kier alpha value is -2.85. The van der Waals surface area contributed by atoms with Gasteiger partial charge < -0.3 is 9.64 Å². The number of carbonyl (C=O) groups is 1. The monoisotopic (exact) mass is 414 g/mol. The number of hydrogen-bond acceptors (Lipinski definition) is 3. The Morgan fingerprint density at radius 3 is 2.68 bits per heavy atom. The number of ether oxygens (including phenoxy) is 1. The van der Waals surface area contributed by atoms with E-state index in [0.29, 0.717) is 6.04 Å². The number of likely N-dealkylation sites (tertiary alicyclic amines) is 1. The first kappa shape index (κ1) is 20.1. The van der Waals surface area contributed by atoms with Gasteiger partial charge in [0.2, 0.25) is 5.91 Å². The van der Waals surface area contributed by atoms with Crippen molar-refractivity contribution in [3.63, 3.8) is 0 Å². The van der Waals surface area contributed by atoms with Crippen LogP contribution in [0.15, 0.2) is 60.7 Å². The molecule has 2 heterocycles. The summed E-state index contributed by atoms with van der Waals surface area (Å²) in [5.74, 6) is 1.23. The molecule has 3 aromatic carbocycles. The number of piperidine rings is 1. The first-order chi connectivity index (χ1) is 15.2. The van der Waals surface area contributed by atoms with Crippen molar-refractivity contribution in [2.75, 3.05) is 19.7 Å². The van der Waals surface area contributed by atoms with Crippen LogP contribution in [0.3, 0.4) is 0 Å². The second kappa shape index (κ2) is 8.72. The Morgan fingerprint density at radius 2 is 1.84 bits per heavy atom. The zero-order valence-corrected chi connectivity index (χ0v) is 18.2. The minimum Gasteiger partial charge on any atom is -0.493 e. The molecule has 2 aliphatic rings. The molecule has 0 radical (unpaired) electrons. The molecule has 2 aliphatic heterocycles. The van der Waals surface area contributed by atoms with Gasteiger partial charge in [-0.25, -0.2) is 0 Å². The SMILES string of the molecule is CC(=O)N1CCC(N(Cc2ccc3c(c2)CCO3)Cc2cccc3ccccc23)CC1. The van der Waals surface area contributed by atoms with E-state index in [0.717, 1.165) is 57.8 Å². The molecule has 0 unspecified atom stereocenters. The van der Waals surface area contributed by atoms with Crippen molar-refractivity contribution >= 4 is 16.7 Å². The van der Waals surface area contributed by atoms with Gasteiger partial charge in [-0.1, -0.05) is 54.6 Å². The fourth-order valence-electron chi connectivity index (χ4n) is 5.08. The molecule has 0 spiro atoms. The highest BCUT2D eigenvalue weighted by Gasteiger charge is 2.26. The highest BCUT2D eigenvalue weighted by Crippen LogP contribution is 2.29. The molecule has 4 heteroatoms. The third kappa shape index (κ3) is 4.31. The topological polar surface area (TPSA) is 32.8 Å². The summed E-state index contributed by atoms with van der Waals surface area (Å²) in [7, 11) is 0. The first-order valence-electron chi connectivity index (χ1n) is 11.4. The normalized spacial score (nSPS) is 16.5. The van der Waals surface area contributed by atoms with Gasteiger partial charge in [0.15, 0.2) is 0 Å². The van der Waals surface area contributed by atoms with E-state index < -0.39 is 0 Å². The van der Waals surface area contributed by atoms with Gasteiger partial charge in [0, 0.05) is 45.6 Å². The molecule has 1 amide bonds. The third-order valence-electron chi connectivity index (χ3n) is 6.82. The average Bonchev–Trinajstić information content (AvgIpc) is 3.27. The number of rotatable bonds is 5. The molecular formula is C27H30N2O2. The van der Waals surface area contributed by atoms with E-state index in [1.807, 2.05) is 4.90 Å². The molecule has 4 nitrogen and oxygen atoms in total. The Labute approximate surface area is 184 Å². The molecule has 0 bridgehead atoms. The highest BCUT2D eigenvalue weighted by atomic mass is 16.5. The maximum atomic E-state index is 11.8. The van der Waals surface area contributed by atoms with Gasteiger partial charge in [-0.05, 0) is 46.4 Å². The van der Waals surface area contributed by atoms with E-state index in [9.17, 15) is 4.79 Å². The van der Waals surface area contributed by atoms with Crippen LogP contribution in [0.2, 0.25) is 0 Å². The lowest BCUT2D eigenvalue weighted by atomic mass is 9.98. The molecule has 0 N–H and O–H groups in total. The largest absolute Gasteiger partial charge is 0.493 e. The molecule has 1 fully saturated rings. The fraction of sp³-hybridized carbons (Fsp3) is 0.370. The van der Waals surface area contributed by atoms with Gasteiger partial charge in [-0.2, -0.15) is 0 Å². The molecule has 0 saturated carbocycles. The summed E-state index contributed by atoms with van der Waals surface area (Å²) in [6.07, 6.45) is 3.06. The smallest absolute Gasteiger partial charge is 0.219 e. The molecule has 0 aliphatic carbocycles. The number of amides is 1. The first-order valence-corrected chi connectivity index (χ1v) is 11.4. The predicted molar refractivity (Wildman–Crippen MR) is 124 cm³/mol. The molecule has 5 rings (SSSR count). The third-order valence-corrected chi connectivity index (χ3v) is 6.82. The maximum absolute atomic E-state index is 11.8. The minimum absolute atomic E-state index is 0.192. The average molecular weight is 415 g/mol. The van der Waals surface area contributed by atoms with Crippen molar-refractivity contribution in [1.29, 1.82) is 0 Å². The van der Waals surface area contributed by atoms with Crippen molar-refractivity contribution in [1.82, 2.24) is 9.80 Å². The van der Waals surface area contributed by atoms with Crippen LogP contribution in [0.5, 0.6) is 5.75 Å². The second-order valence-electron chi connectivity index (χ2n) is 8.82. The van der Waals surface area contributed by atoms with Crippen LogP contribution < -0.4 is 4.74 Å². The number of fused-ring (bicyclic) bond motifs is 2. The van der Waals surface area contributed by atoms with Crippen molar-refractivity contribution in [2.24, 2.45) is 0 Å². The van der Waals surface area contributed by atoms with Crippen molar-refractivity contribution in [3.05, 3.63) is 77.4 Å². The van der Waals surface area contributed by atoms with Crippen LogP contribution in [0.1, 0.15) is 36.5 Å². The van der Waals surface area contributed by atoms with Gasteiger partial charge in [-0.15, -0.1) is 0 Å². The van der Waals surface area contributed by atoms with E-state index >= 15 is 0 Å². The fourth-order valence-corrected chi connectivity index (χ4v) is 5.08. The number of carbonyl (C=O) groups excluding carboxylic acids is 1. The summed E-state index contributed by atoms with van der Waals surface area (Å²) < 4.78 is 5.70.